The van der Waals surface area contributed by atoms with Gasteiger partial charge in [0.25, 0.3) is 5.69 Å². The van der Waals surface area contributed by atoms with Gasteiger partial charge in [0.1, 0.15) is 5.69 Å². The fourth-order valence-electron chi connectivity index (χ4n) is 3.69. The van der Waals surface area contributed by atoms with Gasteiger partial charge >= 0.3 is 18.1 Å². The molecule has 36 heavy (non-hydrogen) atoms. The lowest BCUT2D eigenvalue weighted by atomic mass is 9.89. The number of aromatic carboxylic acids is 1. The monoisotopic (exact) mass is 507 g/mol. The maximum Gasteiger partial charge on any atom is 0.490 e. The highest BCUT2D eigenvalue weighted by molar-refractivity contribution is 5.91. The zero-order chi connectivity index (χ0) is 26.6. The van der Waals surface area contributed by atoms with E-state index in [2.05, 4.69) is 10.1 Å². The zero-order valence-corrected chi connectivity index (χ0v) is 18.5. The Morgan fingerprint density at radius 3 is 2.47 bits per heavy atom. The normalized spacial score (nSPS) is 12.1. The van der Waals surface area contributed by atoms with Crippen molar-refractivity contribution in [1.82, 2.24) is 14.8 Å². The second kappa shape index (κ2) is 10.5. The molecule has 1 aliphatic carbocycles. The number of nitrogens with zero attached hydrogens (tertiary/aromatic N) is 4. The summed E-state index contributed by atoms with van der Waals surface area (Å²) in [5.74, 6) is -3.76. The number of nitrogens with two attached hydrogens (primary N) is 1. The molecule has 11 nitrogen and oxygen atoms in total. The van der Waals surface area contributed by atoms with E-state index in [0.29, 0.717) is 54.9 Å². The van der Waals surface area contributed by atoms with Crippen LogP contribution in [0.5, 0.6) is 0 Å². The van der Waals surface area contributed by atoms with E-state index < -0.39 is 23.0 Å². The molecule has 0 saturated carbocycles. The average molecular weight is 507 g/mol. The minimum absolute atomic E-state index is 0.0121. The van der Waals surface area contributed by atoms with Crippen molar-refractivity contribution in [2.75, 3.05) is 6.54 Å². The van der Waals surface area contributed by atoms with E-state index >= 15 is 0 Å². The quantitative estimate of drug-likeness (QED) is 0.334. The molecule has 3 aromatic rings. The number of aliphatic carboxylic acids is 1. The molecule has 0 spiro atoms. The number of carboxylic acids is 2. The van der Waals surface area contributed by atoms with Gasteiger partial charge in [-0.05, 0) is 37.4 Å². The van der Waals surface area contributed by atoms with Gasteiger partial charge in [0.2, 0.25) is 0 Å². The first kappa shape index (κ1) is 26.3. The molecule has 0 bridgehead atoms. The smallest absolute Gasteiger partial charge is 0.477 e. The molecule has 0 amide bonds. The maximum absolute atomic E-state index is 11.9. The highest BCUT2D eigenvalue weighted by Gasteiger charge is 2.38. The Labute approximate surface area is 201 Å². The number of nitro groups is 1. The summed E-state index contributed by atoms with van der Waals surface area (Å²) in [5.41, 5.74) is 10.1. The van der Waals surface area contributed by atoms with Crippen molar-refractivity contribution in [3.05, 3.63) is 63.5 Å². The van der Waals surface area contributed by atoms with E-state index in [9.17, 15) is 33.2 Å². The van der Waals surface area contributed by atoms with Crippen LogP contribution in [-0.2, 0) is 24.2 Å². The Hall–Kier alpha value is -4.33. The predicted molar refractivity (Wildman–Crippen MR) is 119 cm³/mol. The Balaban J connectivity index is 0.000000454. The first-order valence-electron chi connectivity index (χ1n) is 10.5. The molecule has 0 fully saturated rings. The molecule has 1 aliphatic rings. The van der Waals surface area contributed by atoms with Crippen molar-refractivity contribution in [3.63, 3.8) is 0 Å². The lowest BCUT2D eigenvalue weighted by Crippen LogP contribution is -2.21. The number of hydrogen-bond donors (Lipinski definition) is 3. The number of aromatic nitrogens is 3. The highest BCUT2D eigenvalue weighted by atomic mass is 19.4. The highest BCUT2D eigenvalue weighted by Crippen LogP contribution is 2.36. The fraction of sp³-hybridized carbons (Fsp3) is 0.273. The van der Waals surface area contributed by atoms with Gasteiger partial charge in [0, 0.05) is 41.6 Å². The van der Waals surface area contributed by atoms with Gasteiger partial charge in [-0.25, -0.2) is 9.59 Å². The lowest BCUT2D eigenvalue weighted by Gasteiger charge is -2.16. The van der Waals surface area contributed by atoms with Crippen LogP contribution >= 0.6 is 0 Å². The van der Waals surface area contributed by atoms with E-state index in [4.69, 9.17) is 15.6 Å². The Morgan fingerprint density at radius 2 is 1.89 bits per heavy atom. The van der Waals surface area contributed by atoms with Gasteiger partial charge in [-0.2, -0.15) is 18.3 Å². The molecule has 0 unspecified atom stereocenters. The number of rotatable bonds is 6. The molecule has 0 aliphatic heterocycles. The molecule has 1 aromatic carbocycles. The minimum atomic E-state index is -5.08. The van der Waals surface area contributed by atoms with E-state index in [0.717, 1.165) is 11.1 Å². The van der Waals surface area contributed by atoms with Gasteiger partial charge in [0.05, 0.1) is 16.3 Å². The number of non-ortho nitro benzene ring substituents is 1. The van der Waals surface area contributed by atoms with Crippen LogP contribution in [0.2, 0.25) is 0 Å². The number of fused-ring (bicyclic) bond motifs is 3. The molecule has 0 radical (unpaired) electrons. The first-order valence-corrected chi connectivity index (χ1v) is 10.5. The topological polar surface area (TPSA) is 174 Å². The number of aryl methyl sites for hydroxylation is 2. The second-order valence-corrected chi connectivity index (χ2v) is 7.68. The molecule has 4 N–H and O–H groups in total. The zero-order valence-electron chi connectivity index (χ0n) is 18.5. The number of nitro benzene ring substituents is 1. The van der Waals surface area contributed by atoms with E-state index in [1.165, 1.54) is 16.8 Å². The number of benzene rings is 1. The van der Waals surface area contributed by atoms with Crippen molar-refractivity contribution in [2.24, 2.45) is 5.73 Å². The third-order valence-corrected chi connectivity index (χ3v) is 5.31. The van der Waals surface area contributed by atoms with Crippen LogP contribution in [0.25, 0.3) is 22.5 Å². The number of alkyl halides is 3. The molecule has 4 rings (SSSR count). The summed E-state index contributed by atoms with van der Waals surface area (Å²) in [5, 5.41) is 32.5. The molecule has 2 aromatic heterocycles. The minimum Gasteiger partial charge on any atom is -0.477 e. The number of pyridine rings is 1. The SMILES string of the molecule is NCCCn1nc2c(c1C(=O)O)CCc1cnc(-c3cccc([N+](=O)[O-])c3)cc1-2.O=C(O)C(F)(F)F. The molecule has 190 valence electrons. The van der Waals surface area contributed by atoms with Crippen LogP contribution in [0.4, 0.5) is 18.9 Å². The number of halogens is 3. The number of carboxylic acid groups (broad SMARTS) is 2. The predicted octanol–water partition coefficient (Wildman–Crippen LogP) is 3.30. The molecule has 2 heterocycles. The van der Waals surface area contributed by atoms with Gasteiger partial charge in [-0.3, -0.25) is 19.8 Å². The first-order chi connectivity index (χ1) is 16.9. The summed E-state index contributed by atoms with van der Waals surface area (Å²) < 4.78 is 33.3. The van der Waals surface area contributed by atoms with Crippen molar-refractivity contribution in [3.8, 4) is 22.5 Å². The van der Waals surface area contributed by atoms with Crippen LogP contribution in [-0.4, -0.2) is 54.6 Å². The molecule has 14 heteroatoms. The Kier molecular flexibility index (Phi) is 7.68. The number of carbonyl (C=O) groups is 2. The van der Waals surface area contributed by atoms with Crippen molar-refractivity contribution >= 4 is 17.6 Å². The summed E-state index contributed by atoms with van der Waals surface area (Å²) in [7, 11) is 0. The second-order valence-electron chi connectivity index (χ2n) is 7.68. The van der Waals surface area contributed by atoms with Crippen molar-refractivity contribution in [2.45, 2.75) is 32.0 Å². The van der Waals surface area contributed by atoms with Crippen LogP contribution in [0.1, 0.15) is 28.0 Å². The third-order valence-electron chi connectivity index (χ3n) is 5.31. The van der Waals surface area contributed by atoms with Gasteiger partial charge in [0.15, 0.2) is 0 Å². The van der Waals surface area contributed by atoms with Crippen LogP contribution in [0, 0.1) is 10.1 Å². The van der Waals surface area contributed by atoms with Crippen LogP contribution < -0.4 is 5.73 Å². The standard InChI is InChI=1S/C20H19N5O4.C2HF3O2/c21-7-2-8-24-19(20(26)27)15-6-5-13-11-22-17(10-16(13)18(15)23-24)12-3-1-4-14(9-12)25(28)29;3-2(4,5)1(6)7/h1,3-4,9-11H,2,5-8,21H2,(H,26,27);(H,6,7). The van der Waals surface area contributed by atoms with Crippen LogP contribution in [0.15, 0.2) is 36.5 Å². The largest absolute Gasteiger partial charge is 0.490 e. The van der Waals surface area contributed by atoms with Gasteiger partial charge < -0.3 is 15.9 Å². The summed E-state index contributed by atoms with van der Waals surface area (Å²) in [6.45, 7) is 0.879. The van der Waals surface area contributed by atoms with Crippen molar-refractivity contribution in [1.29, 1.82) is 0 Å². The maximum atomic E-state index is 11.9. The van der Waals surface area contributed by atoms with E-state index in [1.54, 1.807) is 18.3 Å². The summed E-state index contributed by atoms with van der Waals surface area (Å²) in [6, 6.07) is 8.11. The summed E-state index contributed by atoms with van der Waals surface area (Å²) in [4.78, 5) is 35.8. The van der Waals surface area contributed by atoms with Crippen molar-refractivity contribution < 1.29 is 37.9 Å². The van der Waals surface area contributed by atoms with E-state index in [1.807, 2.05) is 6.07 Å². The average Bonchev–Trinajstić information content (AvgIpc) is 3.21. The Bertz CT molecular complexity index is 1320. The molecule has 0 saturated heterocycles. The third kappa shape index (κ3) is 5.66. The Morgan fingerprint density at radius 1 is 1.19 bits per heavy atom. The number of hydrogen-bond acceptors (Lipinski definition) is 7. The lowest BCUT2D eigenvalue weighted by molar-refractivity contribution is -0.384. The van der Waals surface area contributed by atoms with E-state index in [-0.39, 0.29) is 11.4 Å². The molecule has 0 atom stereocenters. The van der Waals surface area contributed by atoms with Crippen LogP contribution in [0.3, 0.4) is 0 Å². The van der Waals surface area contributed by atoms with Gasteiger partial charge in [-0.1, -0.05) is 12.1 Å². The molecular weight excluding hydrogens is 487 g/mol. The summed E-state index contributed by atoms with van der Waals surface area (Å²) in [6.07, 6.45) is -1.48. The fourth-order valence-corrected chi connectivity index (χ4v) is 3.69. The molecular formula is C22H20F3N5O6. The summed E-state index contributed by atoms with van der Waals surface area (Å²) >= 11 is 0. The van der Waals surface area contributed by atoms with Gasteiger partial charge in [-0.15, -0.1) is 0 Å².